The molecule has 1 amide bonds. The Hall–Kier alpha value is -2.14. The van der Waals surface area contributed by atoms with Crippen LogP contribution >= 0.6 is 0 Å². The molecule has 2 unspecified atom stereocenters. The number of hydrogen-bond donors (Lipinski definition) is 2. The molecule has 5 nitrogen and oxygen atoms in total. The molecule has 3 rings (SSSR count). The summed E-state index contributed by atoms with van der Waals surface area (Å²) in [6.45, 7) is 6.00. The number of amides is 1. The molecule has 1 fully saturated rings. The Labute approximate surface area is 130 Å². The van der Waals surface area contributed by atoms with E-state index in [-0.39, 0.29) is 11.9 Å². The van der Waals surface area contributed by atoms with Gasteiger partial charge in [-0.3, -0.25) is 4.79 Å². The van der Waals surface area contributed by atoms with E-state index in [0.29, 0.717) is 11.5 Å². The minimum Gasteiger partial charge on any atom is -0.349 e. The molecule has 0 radical (unpaired) electrons. The highest BCUT2D eigenvalue weighted by atomic mass is 16.1. The van der Waals surface area contributed by atoms with E-state index in [4.69, 9.17) is 0 Å². The van der Waals surface area contributed by atoms with Gasteiger partial charge in [0.2, 0.25) is 0 Å². The van der Waals surface area contributed by atoms with E-state index < -0.39 is 0 Å². The minimum atomic E-state index is -0.0292. The van der Waals surface area contributed by atoms with E-state index in [9.17, 15) is 4.79 Å². The van der Waals surface area contributed by atoms with E-state index in [1.54, 1.807) is 10.9 Å². The molecule has 2 heterocycles. The number of nitrogens with one attached hydrogen (secondary N) is 2. The standard InChI is InChI=1S/C17H22N4O/c1-12-10-18-9-8-16(12)20-17(22)15-11-19-21(13(15)2)14-6-4-3-5-7-14/h3-7,11-12,16,18H,8-10H2,1-2H3,(H,20,22). The minimum absolute atomic E-state index is 0.0292. The second-order valence-corrected chi connectivity index (χ2v) is 5.94. The molecule has 116 valence electrons. The van der Waals surface area contributed by atoms with E-state index in [1.807, 2.05) is 37.3 Å². The number of rotatable bonds is 3. The highest BCUT2D eigenvalue weighted by Crippen LogP contribution is 2.16. The van der Waals surface area contributed by atoms with Gasteiger partial charge in [-0.2, -0.15) is 5.10 Å². The van der Waals surface area contributed by atoms with Gasteiger partial charge in [0, 0.05) is 6.04 Å². The third kappa shape index (κ3) is 2.90. The summed E-state index contributed by atoms with van der Waals surface area (Å²) < 4.78 is 1.81. The van der Waals surface area contributed by atoms with Crippen LogP contribution in [0.1, 0.15) is 29.4 Å². The Balaban J connectivity index is 1.78. The van der Waals surface area contributed by atoms with Crippen LogP contribution in [0.25, 0.3) is 5.69 Å². The Morgan fingerprint density at radius 1 is 1.36 bits per heavy atom. The molecule has 1 aromatic heterocycles. The van der Waals surface area contributed by atoms with Crippen LogP contribution in [0.5, 0.6) is 0 Å². The third-order valence-electron chi connectivity index (χ3n) is 4.36. The maximum atomic E-state index is 12.5. The summed E-state index contributed by atoms with van der Waals surface area (Å²) in [5.74, 6) is 0.417. The summed E-state index contributed by atoms with van der Waals surface area (Å²) in [5.41, 5.74) is 2.48. The maximum absolute atomic E-state index is 12.5. The molecule has 1 aromatic carbocycles. The monoisotopic (exact) mass is 298 g/mol. The first-order valence-corrected chi connectivity index (χ1v) is 7.78. The molecule has 2 aromatic rings. The molecular formula is C17H22N4O. The van der Waals surface area contributed by atoms with E-state index in [1.165, 1.54) is 0 Å². The van der Waals surface area contributed by atoms with Gasteiger partial charge in [0.1, 0.15) is 0 Å². The largest absolute Gasteiger partial charge is 0.349 e. The van der Waals surface area contributed by atoms with Crippen molar-refractivity contribution in [1.82, 2.24) is 20.4 Å². The number of aromatic nitrogens is 2. The van der Waals surface area contributed by atoms with Crippen LogP contribution in [-0.4, -0.2) is 34.8 Å². The predicted octanol–water partition coefficient (Wildman–Crippen LogP) is 1.91. The molecule has 1 aliphatic rings. The zero-order chi connectivity index (χ0) is 15.5. The number of carbonyl (C=O) groups is 1. The number of hydrogen-bond acceptors (Lipinski definition) is 3. The second kappa shape index (κ2) is 6.32. The Kier molecular flexibility index (Phi) is 4.24. The molecular weight excluding hydrogens is 276 g/mol. The topological polar surface area (TPSA) is 59.0 Å². The zero-order valence-electron chi connectivity index (χ0n) is 13.0. The fourth-order valence-corrected chi connectivity index (χ4v) is 2.94. The van der Waals surface area contributed by atoms with Crippen LogP contribution in [0, 0.1) is 12.8 Å². The smallest absolute Gasteiger partial charge is 0.254 e. The van der Waals surface area contributed by atoms with Gasteiger partial charge in [-0.25, -0.2) is 4.68 Å². The lowest BCUT2D eigenvalue weighted by molar-refractivity contribution is 0.0913. The Morgan fingerprint density at radius 2 is 2.14 bits per heavy atom. The van der Waals surface area contributed by atoms with Crippen LogP contribution < -0.4 is 10.6 Å². The fraction of sp³-hybridized carbons (Fsp3) is 0.412. The predicted molar refractivity (Wildman–Crippen MR) is 86.2 cm³/mol. The first kappa shape index (κ1) is 14.8. The van der Waals surface area contributed by atoms with Gasteiger partial charge in [-0.1, -0.05) is 25.1 Å². The quantitative estimate of drug-likeness (QED) is 0.910. The lowest BCUT2D eigenvalue weighted by Gasteiger charge is -2.30. The van der Waals surface area contributed by atoms with Crippen LogP contribution in [0.2, 0.25) is 0 Å². The maximum Gasteiger partial charge on any atom is 0.254 e. The third-order valence-corrected chi connectivity index (χ3v) is 4.36. The summed E-state index contributed by atoms with van der Waals surface area (Å²) >= 11 is 0. The summed E-state index contributed by atoms with van der Waals surface area (Å²) in [4.78, 5) is 12.5. The van der Waals surface area contributed by atoms with Gasteiger partial charge in [-0.15, -0.1) is 0 Å². The number of carbonyl (C=O) groups excluding carboxylic acids is 1. The van der Waals surface area contributed by atoms with Gasteiger partial charge in [-0.05, 0) is 44.5 Å². The van der Waals surface area contributed by atoms with Crippen molar-refractivity contribution >= 4 is 5.91 Å². The lowest BCUT2D eigenvalue weighted by Crippen LogP contribution is -2.48. The summed E-state index contributed by atoms with van der Waals surface area (Å²) in [5, 5.41) is 10.9. The fourth-order valence-electron chi connectivity index (χ4n) is 2.94. The SMILES string of the molecule is Cc1c(C(=O)NC2CCNCC2C)cnn1-c1ccccc1. The van der Waals surface area contributed by atoms with Gasteiger partial charge in [0.05, 0.1) is 23.1 Å². The van der Waals surface area contributed by atoms with Crippen LogP contribution in [0.4, 0.5) is 0 Å². The number of para-hydroxylation sites is 1. The normalized spacial score (nSPS) is 21.5. The van der Waals surface area contributed by atoms with E-state index in [0.717, 1.165) is 30.9 Å². The average molecular weight is 298 g/mol. The van der Waals surface area contributed by atoms with Gasteiger partial charge in [0.15, 0.2) is 0 Å². The molecule has 0 bridgehead atoms. The molecule has 1 aliphatic heterocycles. The molecule has 2 atom stereocenters. The number of piperidine rings is 1. The molecule has 0 saturated carbocycles. The highest BCUT2D eigenvalue weighted by molar-refractivity contribution is 5.95. The van der Waals surface area contributed by atoms with Crippen molar-refractivity contribution in [3.8, 4) is 5.69 Å². The van der Waals surface area contributed by atoms with Crippen molar-refractivity contribution in [2.45, 2.75) is 26.3 Å². The van der Waals surface area contributed by atoms with Crippen molar-refractivity contribution in [2.24, 2.45) is 5.92 Å². The van der Waals surface area contributed by atoms with Crippen molar-refractivity contribution in [2.75, 3.05) is 13.1 Å². The Bertz CT molecular complexity index is 650. The highest BCUT2D eigenvalue weighted by Gasteiger charge is 2.24. The average Bonchev–Trinajstić information content (AvgIpc) is 2.92. The van der Waals surface area contributed by atoms with Crippen LogP contribution in [-0.2, 0) is 0 Å². The van der Waals surface area contributed by atoms with E-state index in [2.05, 4.69) is 22.7 Å². The molecule has 22 heavy (non-hydrogen) atoms. The molecule has 1 saturated heterocycles. The van der Waals surface area contributed by atoms with Crippen molar-refractivity contribution < 1.29 is 4.79 Å². The number of nitrogens with zero attached hydrogens (tertiary/aromatic N) is 2. The molecule has 0 aliphatic carbocycles. The van der Waals surface area contributed by atoms with Crippen molar-refractivity contribution in [3.63, 3.8) is 0 Å². The van der Waals surface area contributed by atoms with Crippen LogP contribution in [0.15, 0.2) is 36.5 Å². The first-order chi connectivity index (χ1) is 10.7. The van der Waals surface area contributed by atoms with Gasteiger partial charge in [0.25, 0.3) is 5.91 Å². The van der Waals surface area contributed by atoms with Crippen molar-refractivity contribution in [3.05, 3.63) is 47.8 Å². The first-order valence-electron chi connectivity index (χ1n) is 7.78. The van der Waals surface area contributed by atoms with E-state index >= 15 is 0 Å². The lowest BCUT2D eigenvalue weighted by atomic mass is 9.95. The van der Waals surface area contributed by atoms with Crippen LogP contribution in [0.3, 0.4) is 0 Å². The summed E-state index contributed by atoms with van der Waals surface area (Å²) in [7, 11) is 0. The molecule has 2 N–H and O–H groups in total. The molecule has 0 spiro atoms. The molecule has 5 heteroatoms. The van der Waals surface area contributed by atoms with Crippen molar-refractivity contribution in [1.29, 1.82) is 0 Å². The Morgan fingerprint density at radius 3 is 2.86 bits per heavy atom. The van der Waals surface area contributed by atoms with Gasteiger partial charge >= 0.3 is 0 Å². The number of benzene rings is 1. The second-order valence-electron chi connectivity index (χ2n) is 5.94. The zero-order valence-corrected chi connectivity index (χ0v) is 13.0. The van der Waals surface area contributed by atoms with Gasteiger partial charge < -0.3 is 10.6 Å². The summed E-state index contributed by atoms with van der Waals surface area (Å²) in [6.07, 6.45) is 2.63. The summed E-state index contributed by atoms with van der Waals surface area (Å²) in [6, 6.07) is 10.1.